The summed E-state index contributed by atoms with van der Waals surface area (Å²) >= 11 is 0. The molecule has 256 valence electrons. The van der Waals surface area contributed by atoms with Gasteiger partial charge in [0.2, 0.25) is 10.0 Å². The number of aliphatic hydroxyl groups is 1. The maximum atomic E-state index is 11.8. The van der Waals surface area contributed by atoms with E-state index in [0.29, 0.717) is 17.9 Å². The number of fused-ring (bicyclic) bond motifs is 7. The number of terminal acetylenes is 2. The van der Waals surface area contributed by atoms with Gasteiger partial charge in [-0.25, -0.2) is 13.6 Å². The van der Waals surface area contributed by atoms with Crippen molar-refractivity contribution in [3.8, 4) is 25.7 Å². The number of hydrogen-bond donors (Lipinski definition) is 2. The number of rotatable bonds is 3. The quantitative estimate of drug-likeness (QED) is 0.253. The lowest BCUT2D eigenvalue weighted by molar-refractivity contribution is -0.181. The van der Waals surface area contributed by atoms with Gasteiger partial charge in [0.05, 0.1) is 4.90 Å². The highest BCUT2D eigenvalue weighted by Crippen LogP contribution is 2.73. The topological polar surface area (TPSA) is 80.4 Å². The molecule has 46 heavy (non-hydrogen) atoms. The third-order valence-corrected chi connectivity index (χ3v) is 14.0. The Balaban J connectivity index is 0.000000749. The van der Waals surface area contributed by atoms with Crippen molar-refractivity contribution < 1.29 is 13.5 Å². The monoisotopic (exact) mass is 649 g/mol. The first-order chi connectivity index (χ1) is 21.8. The number of allylic oxidation sites excluding steroid dienone is 3. The van der Waals surface area contributed by atoms with Crippen molar-refractivity contribution in [1.29, 1.82) is 0 Å². The number of nitrogens with two attached hydrogens (primary N) is 1. The van der Waals surface area contributed by atoms with Crippen molar-refractivity contribution in [1.82, 2.24) is 0 Å². The van der Waals surface area contributed by atoms with Crippen LogP contribution >= 0.6 is 0 Å². The molecule has 4 unspecified atom stereocenters. The Morgan fingerprint density at radius 1 is 0.870 bits per heavy atom. The van der Waals surface area contributed by atoms with Crippen molar-refractivity contribution in [3.05, 3.63) is 48.6 Å². The third kappa shape index (κ3) is 6.81. The molecule has 4 nitrogen and oxygen atoms in total. The lowest BCUT2D eigenvalue weighted by atomic mass is 9.36. The summed E-state index contributed by atoms with van der Waals surface area (Å²) in [6.07, 6.45) is 33.1. The summed E-state index contributed by atoms with van der Waals surface area (Å²) in [6, 6.07) is 7.22. The van der Waals surface area contributed by atoms with Crippen LogP contribution in [-0.2, 0) is 10.0 Å². The smallest absolute Gasteiger partial charge is 0.238 e. The molecular weight excluding hydrogens is 587 g/mol. The van der Waals surface area contributed by atoms with Crippen LogP contribution in [0.5, 0.6) is 0 Å². The normalized spacial score (nSPS) is 36.5. The Labute approximate surface area is 283 Å². The molecule has 5 aliphatic carbocycles. The minimum absolute atomic E-state index is 0.0261. The summed E-state index contributed by atoms with van der Waals surface area (Å²) in [6.45, 7) is 19.8. The van der Waals surface area contributed by atoms with Crippen molar-refractivity contribution in [2.75, 3.05) is 6.61 Å². The zero-order valence-corrected chi connectivity index (χ0v) is 30.7. The lowest BCUT2D eigenvalue weighted by Gasteiger charge is -2.68. The molecule has 0 saturated heterocycles. The highest BCUT2D eigenvalue weighted by atomic mass is 32.2. The molecule has 6 rings (SSSR count). The van der Waals surface area contributed by atoms with Crippen LogP contribution in [0.25, 0.3) is 5.57 Å². The van der Waals surface area contributed by atoms with Gasteiger partial charge < -0.3 is 5.11 Å². The van der Waals surface area contributed by atoms with Crippen LogP contribution < -0.4 is 5.14 Å². The van der Waals surface area contributed by atoms with Crippen LogP contribution in [0.1, 0.15) is 118 Å². The molecule has 4 saturated carbocycles. The molecule has 0 aliphatic heterocycles. The first-order valence-electron chi connectivity index (χ1n) is 17.5. The van der Waals surface area contributed by atoms with Gasteiger partial charge in [0.1, 0.15) is 0 Å². The van der Waals surface area contributed by atoms with Crippen LogP contribution in [0, 0.1) is 76.9 Å². The first kappa shape index (κ1) is 39.9. The van der Waals surface area contributed by atoms with E-state index in [0.717, 1.165) is 35.7 Å². The van der Waals surface area contributed by atoms with E-state index in [1.54, 1.807) is 18.2 Å². The minimum Gasteiger partial charge on any atom is -0.396 e. The Kier molecular flexibility index (Phi) is 13.6. The fraction of sp³-hybridized carbons (Fsp3) is 0.659. The largest absolute Gasteiger partial charge is 0.396 e. The molecule has 5 heteroatoms. The maximum absolute atomic E-state index is 11.8. The number of hydrogen-bond acceptors (Lipinski definition) is 3. The standard InChI is InChI=1S/C32H47NO3S.C3H6.C2H6.2C2H2/c1-29(2)24(21-7-9-22(10-8-21)37(33,35)36)13-17-31(4)27(29)15-18-30(3)25-14-19-32(20-34)16-5-6-26(32)23(25)11-12-28(30)31;1-3-2;3*1-2/h7-10,13,23,25-28,34H,5-6,11-12,14-20H2,1-4H3,(H2,33,35,36);3H,1H2,2H3;1-2H3;2*1-2H/t23-,25?,26?,27?,28?,30-,31-,32+;;;;/m0..../s1. The zero-order chi connectivity index (χ0) is 35.1. The van der Waals surface area contributed by atoms with Gasteiger partial charge >= 0.3 is 0 Å². The van der Waals surface area contributed by atoms with Crippen molar-refractivity contribution in [2.24, 2.45) is 56.4 Å². The molecule has 8 atom stereocenters. The van der Waals surface area contributed by atoms with Crippen LogP contribution in [0.4, 0.5) is 0 Å². The van der Waals surface area contributed by atoms with Crippen LogP contribution in [0.3, 0.4) is 0 Å². The zero-order valence-electron chi connectivity index (χ0n) is 29.9. The van der Waals surface area contributed by atoms with Crippen molar-refractivity contribution in [2.45, 2.75) is 118 Å². The van der Waals surface area contributed by atoms with Gasteiger partial charge in [-0.1, -0.05) is 72.2 Å². The van der Waals surface area contributed by atoms with E-state index in [1.165, 1.54) is 63.4 Å². The third-order valence-electron chi connectivity index (χ3n) is 13.1. The predicted octanol–water partition coefficient (Wildman–Crippen LogP) is 9.50. The molecule has 1 aromatic rings. The number of aliphatic hydroxyl groups excluding tert-OH is 1. The molecular formula is C41H63NO3S. The fourth-order valence-corrected chi connectivity index (χ4v) is 12.1. The molecule has 1 aromatic carbocycles. The van der Waals surface area contributed by atoms with E-state index in [2.05, 4.69) is 66.0 Å². The van der Waals surface area contributed by atoms with Crippen LogP contribution in [-0.4, -0.2) is 20.1 Å². The second-order valence-electron chi connectivity index (χ2n) is 15.1. The highest BCUT2D eigenvalue weighted by molar-refractivity contribution is 7.89. The van der Waals surface area contributed by atoms with Gasteiger partial charge in [0.15, 0.2) is 0 Å². The molecule has 0 bridgehead atoms. The van der Waals surface area contributed by atoms with Gasteiger partial charge in [0, 0.05) is 6.61 Å². The van der Waals surface area contributed by atoms with Gasteiger partial charge in [0.25, 0.3) is 0 Å². The van der Waals surface area contributed by atoms with Gasteiger partial charge in [-0.3, -0.25) is 0 Å². The van der Waals surface area contributed by atoms with Gasteiger partial charge in [-0.2, -0.15) is 0 Å². The Hall–Kier alpha value is -2.31. The van der Waals surface area contributed by atoms with E-state index in [1.807, 2.05) is 32.9 Å². The average Bonchev–Trinajstić information content (AvgIpc) is 3.49. The van der Waals surface area contributed by atoms with Crippen LogP contribution in [0.2, 0.25) is 0 Å². The molecule has 3 N–H and O–H groups in total. The summed E-state index contributed by atoms with van der Waals surface area (Å²) < 4.78 is 23.6. The maximum Gasteiger partial charge on any atom is 0.238 e. The fourth-order valence-electron chi connectivity index (χ4n) is 11.6. The van der Waals surface area contributed by atoms with E-state index >= 15 is 0 Å². The first-order valence-corrected chi connectivity index (χ1v) is 19.0. The lowest BCUT2D eigenvalue weighted by Crippen LogP contribution is -2.61. The van der Waals surface area contributed by atoms with E-state index in [4.69, 9.17) is 5.14 Å². The molecule has 0 aromatic heterocycles. The molecule has 0 spiro atoms. The Morgan fingerprint density at radius 2 is 1.46 bits per heavy atom. The minimum atomic E-state index is -3.68. The SMILES string of the molecule is C#C.C#C.C=CC.CC.CC1(C)C(c2ccc(S(N)(=O)=O)cc2)=CC[C@@]2(C)C1CC[C@@]1(C)C3CC[C@@]4(CO)CCCC4[C@H]3CCC12. The summed E-state index contributed by atoms with van der Waals surface area (Å²) in [5.41, 5.74) is 3.44. The molecule has 0 amide bonds. The second-order valence-corrected chi connectivity index (χ2v) is 16.6. The molecule has 5 aliphatic rings. The van der Waals surface area contributed by atoms with Crippen molar-refractivity contribution >= 4 is 15.6 Å². The average molecular weight is 650 g/mol. The van der Waals surface area contributed by atoms with Gasteiger partial charge in [-0.15, -0.1) is 32.3 Å². The summed E-state index contributed by atoms with van der Waals surface area (Å²) in [5, 5.41) is 15.8. The van der Waals surface area contributed by atoms with Gasteiger partial charge in [-0.05, 0) is 139 Å². The van der Waals surface area contributed by atoms with E-state index in [-0.39, 0.29) is 21.1 Å². The number of sulfonamides is 1. The predicted molar refractivity (Wildman–Crippen MR) is 196 cm³/mol. The van der Waals surface area contributed by atoms with Crippen molar-refractivity contribution in [3.63, 3.8) is 0 Å². The Bertz CT molecular complexity index is 1330. The second kappa shape index (κ2) is 15.7. The van der Waals surface area contributed by atoms with E-state index in [9.17, 15) is 13.5 Å². The highest BCUT2D eigenvalue weighted by Gasteiger charge is 2.65. The van der Waals surface area contributed by atoms with Crippen LogP contribution in [0.15, 0.2) is 47.9 Å². The summed E-state index contributed by atoms with van der Waals surface area (Å²) in [5.74, 6) is 3.72. The number of primary sulfonamides is 1. The number of benzene rings is 1. The summed E-state index contributed by atoms with van der Waals surface area (Å²) in [7, 11) is -3.68. The Morgan fingerprint density at radius 3 is 2.00 bits per heavy atom. The summed E-state index contributed by atoms with van der Waals surface area (Å²) in [4.78, 5) is 0.181. The molecule has 4 fully saturated rings. The molecule has 0 heterocycles. The van der Waals surface area contributed by atoms with E-state index < -0.39 is 10.0 Å². The molecule has 0 radical (unpaired) electrons.